The lowest BCUT2D eigenvalue weighted by Gasteiger charge is -2.22. The molecule has 1 atom stereocenters. The minimum Gasteiger partial charge on any atom is -0.380 e. The lowest BCUT2D eigenvalue weighted by atomic mass is 10.2. The molecule has 0 amide bonds. The van der Waals surface area contributed by atoms with Crippen molar-refractivity contribution in [2.45, 2.75) is 23.8 Å². The molecule has 0 saturated carbocycles. The summed E-state index contributed by atoms with van der Waals surface area (Å²) >= 11 is 3.08. The van der Waals surface area contributed by atoms with Gasteiger partial charge in [0.05, 0.1) is 23.3 Å². The van der Waals surface area contributed by atoms with Gasteiger partial charge in [-0.3, -0.25) is 4.98 Å². The molecule has 100 valence electrons. The van der Waals surface area contributed by atoms with Gasteiger partial charge in [-0.05, 0) is 34.8 Å². The van der Waals surface area contributed by atoms with Crippen molar-refractivity contribution in [3.05, 3.63) is 28.2 Å². The Morgan fingerprint density at radius 1 is 1.56 bits per heavy atom. The topological polar surface area (TPSA) is 56.3 Å². The van der Waals surface area contributed by atoms with Crippen LogP contribution in [0.4, 0.5) is 4.39 Å². The van der Waals surface area contributed by atoms with Gasteiger partial charge in [-0.2, -0.15) is 0 Å². The van der Waals surface area contributed by atoms with Crippen LogP contribution in [0, 0.1) is 5.82 Å². The highest BCUT2D eigenvalue weighted by Crippen LogP contribution is 2.20. The molecule has 0 spiro atoms. The van der Waals surface area contributed by atoms with E-state index in [0.717, 1.165) is 6.42 Å². The lowest BCUT2D eigenvalue weighted by Crippen LogP contribution is -2.32. The second kappa shape index (κ2) is 5.63. The van der Waals surface area contributed by atoms with Crippen LogP contribution in [0.15, 0.2) is 16.7 Å². The number of sulfone groups is 1. The largest absolute Gasteiger partial charge is 0.380 e. The maximum atomic E-state index is 13.6. The first-order valence-electron chi connectivity index (χ1n) is 5.58. The van der Waals surface area contributed by atoms with Gasteiger partial charge in [0.25, 0.3) is 0 Å². The van der Waals surface area contributed by atoms with Crippen LogP contribution >= 0.6 is 15.9 Å². The minimum absolute atomic E-state index is 0.0382. The second-order valence-corrected chi connectivity index (χ2v) is 7.43. The monoisotopic (exact) mass is 337 g/mol. The molecule has 18 heavy (non-hydrogen) atoms. The van der Waals surface area contributed by atoms with Gasteiger partial charge in [0.2, 0.25) is 0 Å². The summed E-state index contributed by atoms with van der Waals surface area (Å²) in [6, 6.07) is 1.22. The van der Waals surface area contributed by atoms with Gasteiger partial charge in [0, 0.05) is 17.3 Å². The summed E-state index contributed by atoms with van der Waals surface area (Å²) in [6.45, 7) is 0.789. The van der Waals surface area contributed by atoms with Gasteiger partial charge in [-0.1, -0.05) is 0 Å². The predicted octanol–water partition coefficient (Wildman–Crippen LogP) is 2.08. The van der Waals surface area contributed by atoms with E-state index in [0.29, 0.717) is 17.5 Å². The van der Waals surface area contributed by atoms with Crippen molar-refractivity contribution in [1.82, 2.24) is 4.98 Å². The summed E-state index contributed by atoms with van der Waals surface area (Å²) in [5, 5.41) is -0.545. The molecule has 0 aliphatic carbocycles. The highest BCUT2D eigenvalue weighted by Gasteiger charge is 2.29. The van der Waals surface area contributed by atoms with Crippen LogP contribution in [0.3, 0.4) is 0 Å². The van der Waals surface area contributed by atoms with Crippen molar-refractivity contribution in [2.75, 3.05) is 13.2 Å². The summed E-state index contributed by atoms with van der Waals surface area (Å²) in [6.07, 6.45) is 2.69. The molecular weight excluding hydrogens is 325 g/mol. The van der Waals surface area contributed by atoms with Crippen molar-refractivity contribution in [2.24, 2.45) is 0 Å². The molecule has 2 rings (SSSR count). The average molecular weight is 338 g/mol. The first-order valence-corrected chi connectivity index (χ1v) is 8.09. The van der Waals surface area contributed by atoms with Crippen LogP contribution < -0.4 is 0 Å². The molecule has 1 unspecified atom stereocenters. The Hall–Kier alpha value is -0.530. The highest BCUT2D eigenvalue weighted by molar-refractivity contribution is 9.10. The Balaban J connectivity index is 2.16. The smallest absolute Gasteiger partial charge is 0.161 e. The number of hydrogen-bond acceptors (Lipinski definition) is 4. The molecule has 1 aliphatic heterocycles. The molecule has 0 N–H and O–H groups in total. The summed E-state index contributed by atoms with van der Waals surface area (Å²) in [5.74, 6) is -0.982. The third-order valence-corrected chi connectivity index (χ3v) is 5.35. The standard InChI is InChI=1S/C11H13BrFNO3S/c12-8-4-10(13)11(14-5-8)7-18(15,16)9-2-1-3-17-6-9/h4-5,9H,1-3,6-7H2. The number of ether oxygens (including phenoxy) is 1. The number of rotatable bonds is 3. The normalized spacial score (nSPS) is 20.9. The van der Waals surface area contributed by atoms with Crippen molar-refractivity contribution in [3.8, 4) is 0 Å². The third kappa shape index (κ3) is 3.27. The maximum absolute atomic E-state index is 13.6. The number of aromatic nitrogens is 1. The van der Waals surface area contributed by atoms with E-state index < -0.39 is 20.9 Å². The van der Waals surface area contributed by atoms with Crippen LogP contribution in [-0.4, -0.2) is 31.9 Å². The van der Waals surface area contributed by atoms with Crippen LogP contribution in [0.1, 0.15) is 18.5 Å². The van der Waals surface area contributed by atoms with E-state index in [2.05, 4.69) is 20.9 Å². The summed E-state index contributed by atoms with van der Waals surface area (Å²) in [4.78, 5) is 3.82. The van der Waals surface area contributed by atoms with Crippen molar-refractivity contribution in [3.63, 3.8) is 0 Å². The first kappa shape index (κ1) is 13.9. The molecule has 0 aromatic carbocycles. The Kier molecular flexibility index (Phi) is 4.34. The molecule has 0 radical (unpaired) electrons. The van der Waals surface area contributed by atoms with Crippen LogP contribution in [0.25, 0.3) is 0 Å². The van der Waals surface area contributed by atoms with E-state index in [-0.39, 0.29) is 18.1 Å². The Bertz CT molecular complexity index is 529. The van der Waals surface area contributed by atoms with Crippen LogP contribution in [0.5, 0.6) is 0 Å². The van der Waals surface area contributed by atoms with Gasteiger partial charge >= 0.3 is 0 Å². The molecule has 1 fully saturated rings. The zero-order chi connectivity index (χ0) is 13.2. The van der Waals surface area contributed by atoms with Crippen LogP contribution in [-0.2, 0) is 20.3 Å². The zero-order valence-corrected chi connectivity index (χ0v) is 12.0. The molecule has 7 heteroatoms. The Morgan fingerprint density at radius 2 is 2.33 bits per heavy atom. The van der Waals surface area contributed by atoms with E-state index >= 15 is 0 Å². The zero-order valence-electron chi connectivity index (χ0n) is 9.60. The van der Waals surface area contributed by atoms with Crippen LogP contribution in [0.2, 0.25) is 0 Å². The average Bonchev–Trinajstić information content (AvgIpc) is 2.34. The number of nitrogens with zero attached hydrogens (tertiary/aromatic N) is 1. The molecule has 4 nitrogen and oxygen atoms in total. The Morgan fingerprint density at radius 3 is 2.94 bits per heavy atom. The van der Waals surface area contributed by atoms with Crippen molar-refractivity contribution < 1.29 is 17.5 Å². The summed E-state index contributed by atoms with van der Waals surface area (Å²) in [5.41, 5.74) is -0.0382. The SMILES string of the molecule is O=S(=O)(Cc1ncc(Br)cc1F)C1CCCOC1. The van der Waals surface area contributed by atoms with E-state index in [4.69, 9.17) is 4.74 Å². The summed E-state index contributed by atoms with van der Waals surface area (Å²) < 4.78 is 43.4. The minimum atomic E-state index is -3.41. The van der Waals surface area contributed by atoms with Gasteiger partial charge in [-0.15, -0.1) is 0 Å². The molecule has 1 aromatic heterocycles. The van der Waals surface area contributed by atoms with Crippen molar-refractivity contribution >= 4 is 25.8 Å². The molecule has 1 aromatic rings. The van der Waals surface area contributed by atoms with E-state index in [1.807, 2.05) is 0 Å². The van der Waals surface area contributed by atoms with E-state index in [9.17, 15) is 12.8 Å². The fourth-order valence-corrected chi connectivity index (χ4v) is 3.81. The molecule has 0 bridgehead atoms. The molecular formula is C11H13BrFNO3S. The number of halogens is 2. The maximum Gasteiger partial charge on any atom is 0.161 e. The quantitative estimate of drug-likeness (QED) is 0.847. The molecule has 1 aliphatic rings. The highest BCUT2D eigenvalue weighted by atomic mass is 79.9. The lowest BCUT2D eigenvalue weighted by molar-refractivity contribution is 0.0990. The summed E-state index contributed by atoms with van der Waals surface area (Å²) in [7, 11) is -3.41. The second-order valence-electron chi connectivity index (χ2n) is 4.23. The number of hydrogen-bond donors (Lipinski definition) is 0. The van der Waals surface area contributed by atoms with Crippen molar-refractivity contribution in [1.29, 1.82) is 0 Å². The Labute approximate surface area is 114 Å². The fraction of sp³-hybridized carbons (Fsp3) is 0.545. The van der Waals surface area contributed by atoms with Gasteiger partial charge in [0.1, 0.15) is 5.82 Å². The predicted molar refractivity (Wildman–Crippen MR) is 68.4 cm³/mol. The van der Waals surface area contributed by atoms with Gasteiger partial charge < -0.3 is 4.74 Å². The fourth-order valence-electron chi connectivity index (χ4n) is 1.85. The van der Waals surface area contributed by atoms with Gasteiger partial charge in [-0.25, -0.2) is 12.8 Å². The number of pyridine rings is 1. The molecule has 2 heterocycles. The van der Waals surface area contributed by atoms with Gasteiger partial charge in [0.15, 0.2) is 9.84 Å². The van der Waals surface area contributed by atoms with E-state index in [1.165, 1.54) is 12.3 Å². The molecule has 1 saturated heterocycles. The first-order chi connectivity index (χ1) is 8.49. The third-order valence-electron chi connectivity index (χ3n) is 2.85. The van der Waals surface area contributed by atoms with E-state index in [1.54, 1.807) is 0 Å².